The fraction of sp³-hybridized carbons (Fsp3) is 0.529. The van der Waals surface area contributed by atoms with Crippen molar-refractivity contribution < 1.29 is 19.1 Å². The third kappa shape index (κ3) is 3.47. The number of methoxy groups -OCH3 is 1. The quantitative estimate of drug-likeness (QED) is 0.861. The normalized spacial score (nSPS) is 22.0. The zero-order chi connectivity index (χ0) is 16.4. The van der Waals surface area contributed by atoms with Gasteiger partial charge in [-0.25, -0.2) is 9.69 Å². The molecule has 0 aliphatic carbocycles. The van der Waals surface area contributed by atoms with Crippen molar-refractivity contribution in [2.24, 2.45) is 0 Å². The van der Waals surface area contributed by atoms with Crippen LogP contribution < -0.4 is 0 Å². The lowest BCUT2D eigenvalue weighted by molar-refractivity contribution is -0.148. The van der Waals surface area contributed by atoms with E-state index in [1.807, 2.05) is 30.3 Å². The van der Waals surface area contributed by atoms with E-state index >= 15 is 0 Å². The van der Waals surface area contributed by atoms with Gasteiger partial charge in [-0.15, -0.1) is 0 Å². The number of amides is 2. The Labute approximate surface area is 131 Å². The van der Waals surface area contributed by atoms with Gasteiger partial charge in [-0.1, -0.05) is 30.3 Å². The number of carbonyl (C=O) groups is 2. The first-order valence-corrected chi connectivity index (χ1v) is 7.42. The summed E-state index contributed by atoms with van der Waals surface area (Å²) in [5.74, 6) is -0.257. The molecular weight excluding hydrogens is 282 g/mol. The van der Waals surface area contributed by atoms with Crippen LogP contribution >= 0.6 is 0 Å². The molecule has 120 valence electrons. The van der Waals surface area contributed by atoms with E-state index < -0.39 is 17.4 Å². The van der Waals surface area contributed by atoms with Crippen molar-refractivity contribution >= 4 is 12.0 Å². The smallest absolute Gasteiger partial charge is 0.419 e. The maximum atomic E-state index is 12.4. The topological polar surface area (TPSA) is 55.8 Å². The van der Waals surface area contributed by atoms with Crippen molar-refractivity contribution in [3.05, 3.63) is 35.9 Å². The van der Waals surface area contributed by atoms with Crippen molar-refractivity contribution in [1.29, 1.82) is 0 Å². The van der Waals surface area contributed by atoms with E-state index in [2.05, 4.69) is 0 Å². The Balaban J connectivity index is 2.28. The van der Waals surface area contributed by atoms with Crippen LogP contribution in [0.5, 0.6) is 0 Å². The molecule has 5 heteroatoms. The number of ether oxygens (including phenoxy) is 2. The van der Waals surface area contributed by atoms with Gasteiger partial charge < -0.3 is 9.47 Å². The molecule has 0 radical (unpaired) electrons. The Morgan fingerprint density at radius 3 is 2.45 bits per heavy atom. The molecule has 0 aromatic heterocycles. The van der Waals surface area contributed by atoms with E-state index in [1.165, 1.54) is 7.11 Å². The molecule has 1 heterocycles. The fourth-order valence-electron chi connectivity index (χ4n) is 2.68. The first kappa shape index (κ1) is 16.5. The molecule has 22 heavy (non-hydrogen) atoms. The Morgan fingerprint density at radius 2 is 1.91 bits per heavy atom. The van der Waals surface area contributed by atoms with E-state index in [4.69, 9.17) is 9.47 Å². The van der Waals surface area contributed by atoms with Gasteiger partial charge in [-0.05, 0) is 26.3 Å². The van der Waals surface area contributed by atoms with Gasteiger partial charge in [-0.3, -0.25) is 4.79 Å². The Hall–Kier alpha value is -1.88. The van der Waals surface area contributed by atoms with Gasteiger partial charge in [-0.2, -0.15) is 0 Å². The highest BCUT2D eigenvalue weighted by Crippen LogP contribution is 2.35. The van der Waals surface area contributed by atoms with Crippen LogP contribution in [0.3, 0.4) is 0 Å². The summed E-state index contributed by atoms with van der Waals surface area (Å²) in [5.41, 5.74) is -0.625. The maximum Gasteiger partial charge on any atom is 0.419 e. The maximum absolute atomic E-state index is 12.4. The Morgan fingerprint density at radius 1 is 1.27 bits per heavy atom. The number of imide groups is 1. The largest absolute Gasteiger partial charge is 0.443 e. The Kier molecular flexibility index (Phi) is 4.56. The minimum atomic E-state index is -0.971. The summed E-state index contributed by atoms with van der Waals surface area (Å²) in [6.45, 7) is 5.32. The zero-order valence-corrected chi connectivity index (χ0v) is 13.6. The molecule has 1 aliphatic rings. The molecule has 0 spiro atoms. The van der Waals surface area contributed by atoms with Gasteiger partial charge >= 0.3 is 6.09 Å². The van der Waals surface area contributed by atoms with E-state index in [9.17, 15) is 9.59 Å². The molecule has 2 amide bonds. The van der Waals surface area contributed by atoms with E-state index in [1.54, 1.807) is 20.8 Å². The highest BCUT2D eigenvalue weighted by atomic mass is 16.6. The molecule has 0 bridgehead atoms. The van der Waals surface area contributed by atoms with Gasteiger partial charge in [0.1, 0.15) is 5.60 Å². The van der Waals surface area contributed by atoms with E-state index in [-0.39, 0.29) is 12.3 Å². The second-order valence-corrected chi connectivity index (χ2v) is 6.52. The van der Waals surface area contributed by atoms with Crippen LogP contribution in [-0.4, -0.2) is 35.3 Å². The summed E-state index contributed by atoms with van der Waals surface area (Å²) >= 11 is 0. The Bertz CT molecular complexity index is 550. The monoisotopic (exact) mass is 305 g/mol. The molecule has 0 saturated carbocycles. The molecule has 1 saturated heterocycles. The average Bonchev–Trinajstić information content (AvgIpc) is 2.75. The summed E-state index contributed by atoms with van der Waals surface area (Å²) in [6.07, 6.45) is 0.555. The third-order valence-corrected chi connectivity index (χ3v) is 3.67. The summed E-state index contributed by atoms with van der Waals surface area (Å²) in [7, 11) is 1.53. The molecule has 1 unspecified atom stereocenters. The summed E-state index contributed by atoms with van der Waals surface area (Å²) < 4.78 is 11.0. The minimum Gasteiger partial charge on any atom is -0.443 e. The highest BCUT2D eigenvalue weighted by Gasteiger charge is 2.50. The van der Waals surface area contributed by atoms with Crippen LogP contribution in [0.2, 0.25) is 0 Å². The molecule has 1 atom stereocenters. The van der Waals surface area contributed by atoms with Crippen molar-refractivity contribution in [1.82, 2.24) is 4.90 Å². The average molecular weight is 305 g/mol. The number of likely N-dealkylation sites (tertiary alicyclic amines) is 1. The first-order valence-electron chi connectivity index (χ1n) is 7.42. The van der Waals surface area contributed by atoms with Gasteiger partial charge in [0.25, 0.3) is 0 Å². The van der Waals surface area contributed by atoms with Crippen molar-refractivity contribution in [3.8, 4) is 0 Å². The van der Waals surface area contributed by atoms with Gasteiger partial charge in [0, 0.05) is 26.4 Å². The second-order valence-electron chi connectivity index (χ2n) is 6.52. The number of hydrogen-bond donors (Lipinski definition) is 0. The standard InChI is InChI=1S/C17H23NO4/c1-16(2,3)22-15(20)18-14(19)10-11-17(18,21-4)12-13-8-6-5-7-9-13/h5-9H,10-12H2,1-4H3. The van der Waals surface area contributed by atoms with Crippen LogP contribution in [0.4, 0.5) is 4.79 Å². The predicted molar refractivity (Wildman–Crippen MR) is 82.2 cm³/mol. The lowest BCUT2D eigenvalue weighted by Crippen LogP contribution is -2.53. The molecule has 1 fully saturated rings. The molecule has 2 rings (SSSR count). The van der Waals surface area contributed by atoms with Crippen LogP contribution in [0.25, 0.3) is 0 Å². The molecule has 5 nitrogen and oxygen atoms in total. The first-order chi connectivity index (χ1) is 10.3. The number of nitrogens with zero attached hydrogens (tertiary/aromatic N) is 1. The SMILES string of the molecule is COC1(Cc2ccccc2)CCC(=O)N1C(=O)OC(C)(C)C. The van der Waals surface area contributed by atoms with Gasteiger partial charge in [0.15, 0.2) is 5.72 Å². The van der Waals surface area contributed by atoms with E-state index in [0.717, 1.165) is 10.5 Å². The lowest BCUT2D eigenvalue weighted by atomic mass is 10.00. The van der Waals surface area contributed by atoms with Gasteiger partial charge in [0.05, 0.1) is 0 Å². The summed E-state index contributed by atoms with van der Waals surface area (Å²) in [6, 6.07) is 9.68. The minimum absolute atomic E-state index is 0.257. The molecule has 1 aliphatic heterocycles. The number of hydrogen-bond acceptors (Lipinski definition) is 4. The van der Waals surface area contributed by atoms with Crippen LogP contribution in [0.15, 0.2) is 30.3 Å². The third-order valence-electron chi connectivity index (χ3n) is 3.67. The van der Waals surface area contributed by atoms with Crippen molar-refractivity contribution in [2.75, 3.05) is 7.11 Å². The molecule has 1 aromatic rings. The lowest BCUT2D eigenvalue weighted by Gasteiger charge is -2.36. The highest BCUT2D eigenvalue weighted by molar-refractivity contribution is 5.94. The zero-order valence-electron chi connectivity index (χ0n) is 13.6. The van der Waals surface area contributed by atoms with Crippen molar-refractivity contribution in [3.63, 3.8) is 0 Å². The number of carbonyl (C=O) groups excluding carboxylic acids is 2. The molecule has 1 aromatic carbocycles. The predicted octanol–water partition coefficient (Wildman–Crippen LogP) is 3.13. The number of rotatable bonds is 3. The fourth-order valence-corrected chi connectivity index (χ4v) is 2.68. The van der Waals surface area contributed by atoms with Crippen LogP contribution in [0.1, 0.15) is 39.2 Å². The van der Waals surface area contributed by atoms with Crippen molar-refractivity contribution in [2.45, 2.75) is 51.4 Å². The summed E-state index contributed by atoms with van der Waals surface area (Å²) in [5, 5.41) is 0. The molecular formula is C17H23NO4. The number of benzene rings is 1. The van der Waals surface area contributed by atoms with Gasteiger partial charge in [0.2, 0.25) is 5.91 Å². The molecule has 0 N–H and O–H groups in total. The van der Waals surface area contributed by atoms with Crippen LogP contribution in [0, 0.1) is 0 Å². The second kappa shape index (κ2) is 6.08. The summed E-state index contributed by atoms with van der Waals surface area (Å²) in [4.78, 5) is 25.8. The van der Waals surface area contributed by atoms with E-state index in [0.29, 0.717) is 12.8 Å². The van der Waals surface area contributed by atoms with Crippen LogP contribution in [-0.2, 0) is 20.7 Å².